The highest BCUT2D eigenvalue weighted by Gasteiger charge is 2.22. The molecule has 0 unspecified atom stereocenters. The van der Waals surface area contributed by atoms with Crippen LogP contribution in [0.2, 0.25) is 0 Å². The number of esters is 1. The molecule has 1 N–H and O–H groups in total. The lowest BCUT2D eigenvalue weighted by Crippen LogP contribution is -2.39. The van der Waals surface area contributed by atoms with Gasteiger partial charge in [-0.2, -0.15) is 4.98 Å². The summed E-state index contributed by atoms with van der Waals surface area (Å²) in [6.07, 6.45) is 1.15. The lowest BCUT2D eigenvalue weighted by molar-refractivity contribution is -0.148. The van der Waals surface area contributed by atoms with Crippen LogP contribution in [-0.2, 0) is 26.2 Å². The Hall–Kier alpha value is -3.68. The quantitative estimate of drug-likeness (QED) is 0.389. The van der Waals surface area contributed by atoms with E-state index in [0.29, 0.717) is 24.6 Å². The van der Waals surface area contributed by atoms with Gasteiger partial charge in [-0.1, -0.05) is 44.1 Å². The number of hydrogen-bond acceptors (Lipinski definition) is 7. The molecule has 0 fully saturated rings. The summed E-state index contributed by atoms with van der Waals surface area (Å²) in [6.45, 7) is 9.55. The van der Waals surface area contributed by atoms with Crippen molar-refractivity contribution < 1.29 is 18.8 Å². The molecule has 0 spiro atoms. The summed E-state index contributed by atoms with van der Waals surface area (Å²) < 4.78 is 10.5. The number of ether oxygens (including phenoxy) is 1. The number of nitrogens with one attached hydrogen (secondary N) is 1. The lowest BCUT2D eigenvalue weighted by Gasteiger charge is -2.27. The van der Waals surface area contributed by atoms with Crippen LogP contribution >= 0.6 is 0 Å². The SMILES string of the molecule is CC(C)N(C(=O)COC(=O)CCCc1nc(C(C)(C)C)no1)c1ccc(Nc2ccccc2)cc1. The standard InChI is InChI=1S/C27H34N4O4/c1-19(2)31(22-16-14-21(15-17-22)28-20-10-7-6-8-11-20)24(32)18-34-25(33)13-9-12-23-29-26(30-35-23)27(3,4)5/h6-8,10-11,14-17,19,28H,9,12-13,18H2,1-5H3. The van der Waals surface area contributed by atoms with Crippen molar-refractivity contribution in [2.24, 2.45) is 0 Å². The van der Waals surface area contributed by atoms with E-state index in [1.807, 2.05) is 89.2 Å². The van der Waals surface area contributed by atoms with Gasteiger partial charge in [0.15, 0.2) is 12.4 Å². The van der Waals surface area contributed by atoms with E-state index in [4.69, 9.17) is 9.26 Å². The summed E-state index contributed by atoms with van der Waals surface area (Å²) >= 11 is 0. The lowest BCUT2D eigenvalue weighted by atomic mass is 9.96. The van der Waals surface area contributed by atoms with Crippen LogP contribution in [0.15, 0.2) is 59.1 Å². The van der Waals surface area contributed by atoms with Crippen molar-refractivity contribution >= 4 is 28.9 Å². The summed E-state index contributed by atoms with van der Waals surface area (Å²) in [5.41, 5.74) is 2.45. The Morgan fingerprint density at radius 1 is 1.03 bits per heavy atom. The van der Waals surface area contributed by atoms with Gasteiger partial charge in [-0.15, -0.1) is 0 Å². The Morgan fingerprint density at radius 2 is 1.69 bits per heavy atom. The monoisotopic (exact) mass is 478 g/mol. The number of aryl methyl sites for hydroxylation is 1. The molecular formula is C27H34N4O4. The zero-order valence-electron chi connectivity index (χ0n) is 21.1. The minimum Gasteiger partial charge on any atom is -0.456 e. The van der Waals surface area contributed by atoms with Gasteiger partial charge in [-0.05, 0) is 56.7 Å². The molecule has 1 heterocycles. The minimum atomic E-state index is -0.431. The molecule has 8 nitrogen and oxygen atoms in total. The molecule has 0 radical (unpaired) electrons. The molecule has 0 saturated carbocycles. The van der Waals surface area contributed by atoms with Crippen molar-refractivity contribution in [3.63, 3.8) is 0 Å². The van der Waals surface area contributed by atoms with E-state index in [2.05, 4.69) is 15.5 Å². The number of rotatable bonds is 10. The first kappa shape index (κ1) is 25.9. The van der Waals surface area contributed by atoms with Crippen LogP contribution in [0, 0.1) is 0 Å². The third-order valence-electron chi connectivity index (χ3n) is 5.26. The maximum absolute atomic E-state index is 12.9. The number of para-hydroxylation sites is 1. The smallest absolute Gasteiger partial charge is 0.306 e. The fourth-order valence-corrected chi connectivity index (χ4v) is 3.45. The molecule has 3 rings (SSSR count). The number of carbonyl (C=O) groups is 2. The summed E-state index contributed by atoms with van der Waals surface area (Å²) in [5.74, 6) is 0.428. The molecule has 0 atom stereocenters. The van der Waals surface area contributed by atoms with Crippen molar-refractivity contribution in [1.29, 1.82) is 0 Å². The van der Waals surface area contributed by atoms with E-state index < -0.39 is 5.97 Å². The van der Waals surface area contributed by atoms with Crippen LogP contribution in [-0.4, -0.2) is 34.7 Å². The van der Waals surface area contributed by atoms with Crippen molar-refractivity contribution in [1.82, 2.24) is 10.1 Å². The van der Waals surface area contributed by atoms with E-state index in [1.165, 1.54) is 0 Å². The molecule has 0 aliphatic heterocycles. The second-order valence-electron chi connectivity index (χ2n) is 9.67. The molecule has 3 aromatic rings. The molecule has 8 heteroatoms. The highest BCUT2D eigenvalue weighted by molar-refractivity contribution is 5.95. The van der Waals surface area contributed by atoms with Crippen LogP contribution < -0.4 is 10.2 Å². The fraction of sp³-hybridized carbons (Fsp3) is 0.407. The van der Waals surface area contributed by atoms with E-state index in [0.717, 1.165) is 17.1 Å². The molecular weight excluding hydrogens is 444 g/mol. The molecule has 0 aliphatic rings. The van der Waals surface area contributed by atoms with E-state index in [1.54, 1.807) is 4.90 Å². The molecule has 1 amide bonds. The molecule has 2 aromatic carbocycles. The summed E-state index contributed by atoms with van der Waals surface area (Å²) in [5, 5.41) is 7.30. The Labute approximate surface area is 206 Å². The average Bonchev–Trinajstić information content (AvgIpc) is 3.29. The maximum Gasteiger partial charge on any atom is 0.306 e. The van der Waals surface area contributed by atoms with Crippen LogP contribution in [0.1, 0.15) is 59.2 Å². The zero-order valence-corrected chi connectivity index (χ0v) is 21.1. The molecule has 1 aromatic heterocycles. The summed E-state index contributed by atoms with van der Waals surface area (Å²) in [4.78, 5) is 31.0. The number of aromatic nitrogens is 2. The Balaban J connectivity index is 1.48. The van der Waals surface area contributed by atoms with Gasteiger partial charge in [0.05, 0.1) is 0 Å². The van der Waals surface area contributed by atoms with E-state index >= 15 is 0 Å². The first-order valence-electron chi connectivity index (χ1n) is 11.9. The van der Waals surface area contributed by atoms with E-state index in [9.17, 15) is 9.59 Å². The van der Waals surface area contributed by atoms with Gasteiger partial charge >= 0.3 is 5.97 Å². The summed E-state index contributed by atoms with van der Waals surface area (Å²) in [6, 6.07) is 17.3. The predicted octanol–water partition coefficient (Wildman–Crippen LogP) is 5.42. The van der Waals surface area contributed by atoms with Gasteiger partial charge in [0.25, 0.3) is 5.91 Å². The number of amides is 1. The average molecular weight is 479 g/mol. The van der Waals surface area contributed by atoms with Gasteiger partial charge in [-0.25, -0.2) is 0 Å². The largest absolute Gasteiger partial charge is 0.456 e. The Kier molecular flexibility index (Phi) is 8.63. The van der Waals surface area contributed by atoms with Crippen LogP contribution in [0.4, 0.5) is 17.1 Å². The first-order valence-corrected chi connectivity index (χ1v) is 11.9. The normalized spacial score (nSPS) is 11.4. The Bertz CT molecular complexity index is 1100. The van der Waals surface area contributed by atoms with Crippen molar-refractivity contribution in [3.8, 4) is 0 Å². The number of nitrogens with zero attached hydrogens (tertiary/aromatic N) is 3. The maximum atomic E-state index is 12.9. The van der Waals surface area contributed by atoms with Gasteiger partial charge in [0.2, 0.25) is 5.89 Å². The van der Waals surface area contributed by atoms with Crippen LogP contribution in [0.25, 0.3) is 0 Å². The molecule has 186 valence electrons. The zero-order chi connectivity index (χ0) is 25.4. The first-order chi connectivity index (χ1) is 16.6. The van der Waals surface area contributed by atoms with Crippen molar-refractivity contribution in [3.05, 3.63) is 66.3 Å². The van der Waals surface area contributed by atoms with Gasteiger partial charge in [0.1, 0.15) is 0 Å². The van der Waals surface area contributed by atoms with Crippen molar-refractivity contribution in [2.75, 3.05) is 16.8 Å². The molecule has 0 aliphatic carbocycles. The second-order valence-corrected chi connectivity index (χ2v) is 9.67. The topological polar surface area (TPSA) is 97.6 Å². The number of anilines is 3. The van der Waals surface area contributed by atoms with Crippen molar-refractivity contribution in [2.45, 2.75) is 65.3 Å². The summed E-state index contributed by atoms with van der Waals surface area (Å²) in [7, 11) is 0. The van der Waals surface area contributed by atoms with Crippen LogP contribution in [0.5, 0.6) is 0 Å². The highest BCUT2D eigenvalue weighted by atomic mass is 16.5. The predicted molar refractivity (Wildman–Crippen MR) is 136 cm³/mol. The van der Waals surface area contributed by atoms with Crippen LogP contribution in [0.3, 0.4) is 0 Å². The van der Waals surface area contributed by atoms with E-state index in [-0.39, 0.29) is 30.4 Å². The van der Waals surface area contributed by atoms with Gasteiger partial charge < -0.3 is 19.5 Å². The number of carbonyl (C=O) groups excluding carboxylic acids is 2. The fourth-order valence-electron chi connectivity index (χ4n) is 3.45. The number of hydrogen-bond donors (Lipinski definition) is 1. The third kappa shape index (κ3) is 7.67. The second kappa shape index (κ2) is 11.6. The highest BCUT2D eigenvalue weighted by Crippen LogP contribution is 2.23. The van der Waals surface area contributed by atoms with Gasteiger partial charge in [0, 0.05) is 41.4 Å². The molecule has 0 saturated heterocycles. The molecule has 0 bridgehead atoms. The number of benzene rings is 2. The third-order valence-corrected chi connectivity index (χ3v) is 5.26. The Morgan fingerprint density at radius 3 is 2.29 bits per heavy atom. The molecule has 35 heavy (non-hydrogen) atoms. The minimum absolute atomic E-state index is 0.0938. The van der Waals surface area contributed by atoms with Gasteiger partial charge in [-0.3, -0.25) is 9.59 Å².